The van der Waals surface area contributed by atoms with Crippen LogP contribution in [0.3, 0.4) is 0 Å². The van der Waals surface area contributed by atoms with Gasteiger partial charge in [-0.05, 0) is 30.9 Å². The van der Waals surface area contributed by atoms with Gasteiger partial charge in [-0.25, -0.2) is 21.9 Å². The van der Waals surface area contributed by atoms with Crippen LogP contribution in [0.15, 0.2) is 23.1 Å². The Morgan fingerprint density at radius 2 is 1.95 bits per heavy atom. The molecule has 2 unspecified atom stereocenters. The van der Waals surface area contributed by atoms with Gasteiger partial charge in [0.15, 0.2) is 0 Å². The minimum Gasteiger partial charge on any atom is -0.211 e. The molecule has 1 aromatic carbocycles. The molecular weight excluding hydrogens is 352 g/mol. The highest BCUT2D eigenvalue weighted by Crippen LogP contribution is 2.29. The number of hydrogen-bond acceptors (Lipinski definition) is 2. The van der Waals surface area contributed by atoms with Crippen LogP contribution in [-0.4, -0.2) is 19.8 Å². The van der Waals surface area contributed by atoms with Crippen LogP contribution >= 0.6 is 15.9 Å². The van der Waals surface area contributed by atoms with E-state index in [4.69, 9.17) is 0 Å². The first-order chi connectivity index (χ1) is 9.40. The highest BCUT2D eigenvalue weighted by molar-refractivity contribution is 9.09. The van der Waals surface area contributed by atoms with Gasteiger partial charge in [-0.15, -0.1) is 0 Å². The number of benzene rings is 1. The van der Waals surface area contributed by atoms with E-state index >= 15 is 0 Å². The maximum atomic E-state index is 13.5. The average Bonchev–Trinajstić information content (AvgIpc) is 2.37. The first kappa shape index (κ1) is 15.9. The second-order valence-corrected chi connectivity index (χ2v) is 7.90. The van der Waals surface area contributed by atoms with E-state index < -0.39 is 26.6 Å². The highest BCUT2D eigenvalue weighted by atomic mass is 79.9. The van der Waals surface area contributed by atoms with Crippen LogP contribution in [0.1, 0.15) is 25.7 Å². The molecule has 0 radical (unpaired) electrons. The van der Waals surface area contributed by atoms with Crippen molar-refractivity contribution in [3.63, 3.8) is 0 Å². The van der Waals surface area contributed by atoms with Gasteiger partial charge >= 0.3 is 0 Å². The minimum absolute atomic E-state index is 0.196. The molecule has 0 amide bonds. The molecule has 0 aromatic heterocycles. The fourth-order valence-electron chi connectivity index (χ4n) is 2.38. The first-order valence-corrected chi connectivity index (χ1v) is 8.89. The zero-order valence-electron chi connectivity index (χ0n) is 10.8. The molecule has 112 valence electrons. The van der Waals surface area contributed by atoms with Crippen LogP contribution in [0.5, 0.6) is 0 Å². The van der Waals surface area contributed by atoms with E-state index in [1.165, 1.54) is 0 Å². The maximum Gasteiger partial charge on any atom is 0.243 e. The lowest BCUT2D eigenvalue weighted by Crippen LogP contribution is -2.34. The highest BCUT2D eigenvalue weighted by Gasteiger charge is 2.26. The Bertz CT molecular complexity index is 580. The van der Waals surface area contributed by atoms with Crippen molar-refractivity contribution >= 4 is 26.0 Å². The summed E-state index contributed by atoms with van der Waals surface area (Å²) in [5.74, 6) is -1.67. The molecule has 1 aliphatic rings. The van der Waals surface area contributed by atoms with Crippen molar-refractivity contribution in [1.29, 1.82) is 0 Å². The van der Waals surface area contributed by atoms with Crippen molar-refractivity contribution in [3.05, 3.63) is 29.8 Å². The maximum absolute atomic E-state index is 13.5. The van der Waals surface area contributed by atoms with Crippen molar-refractivity contribution in [2.24, 2.45) is 5.92 Å². The van der Waals surface area contributed by atoms with E-state index in [1.807, 2.05) is 0 Å². The number of alkyl halides is 1. The minimum atomic E-state index is -3.94. The molecule has 3 nitrogen and oxygen atoms in total. The Morgan fingerprint density at radius 1 is 1.25 bits per heavy atom. The monoisotopic (exact) mass is 367 g/mol. The Labute approximate surface area is 125 Å². The lowest BCUT2D eigenvalue weighted by Gasteiger charge is -2.27. The summed E-state index contributed by atoms with van der Waals surface area (Å²) in [5, 5.41) is 0. The fourth-order valence-corrected chi connectivity index (χ4v) is 4.31. The zero-order valence-corrected chi connectivity index (χ0v) is 13.2. The summed E-state index contributed by atoms with van der Waals surface area (Å²) in [4.78, 5) is -0.238. The second kappa shape index (κ2) is 6.49. The van der Waals surface area contributed by atoms with Crippen LogP contribution in [0.25, 0.3) is 0 Å². The third-order valence-corrected chi connectivity index (χ3v) is 6.20. The average molecular weight is 368 g/mol. The SMILES string of the molecule is O=S(=O)(NCC1CCCCC1Br)c1ccc(F)cc1F. The smallest absolute Gasteiger partial charge is 0.211 e. The number of halogens is 3. The molecule has 1 aromatic rings. The van der Waals surface area contributed by atoms with Gasteiger partial charge in [0.2, 0.25) is 10.0 Å². The van der Waals surface area contributed by atoms with Gasteiger partial charge in [-0.1, -0.05) is 28.8 Å². The van der Waals surface area contributed by atoms with Crippen molar-refractivity contribution in [2.75, 3.05) is 6.54 Å². The molecule has 7 heteroatoms. The lowest BCUT2D eigenvalue weighted by molar-refractivity contribution is 0.373. The Hall–Kier alpha value is -0.530. The molecule has 0 aliphatic heterocycles. The summed E-state index contributed by atoms with van der Waals surface area (Å²) in [6, 6.07) is 2.45. The fraction of sp³-hybridized carbons (Fsp3) is 0.538. The molecule has 0 spiro atoms. The van der Waals surface area contributed by atoms with Crippen molar-refractivity contribution < 1.29 is 17.2 Å². The summed E-state index contributed by atoms with van der Waals surface area (Å²) < 4.78 is 52.8. The van der Waals surface area contributed by atoms with Crippen molar-refractivity contribution in [2.45, 2.75) is 35.4 Å². The predicted octanol–water partition coefficient (Wildman–Crippen LogP) is 3.20. The molecule has 1 aliphatic carbocycles. The normalized spacial score (nSPS) is 23.8. The largest absolute Gasteiger partial charge is 0.243 e. The molecule has 0 heterocycles. The van der Waals surface area contributed by atoms with Crippen LogP contribution in [0, 0.1) is 17.6 Å². The summed E-state index contributed by atoms with van der Waals surface area (Å²) >= 11 is 3.54. The van der Waals surface area contributed by atoms with E-state index in [0.717, 1.165) is 37.8 Å². The molecule has 1 N–H and O–H groups in total. The second-order valence-electron chi connectivity index (χ2n) is 4.99. The topological polar surface area (TPSA) is 46.2 Å². The van der Waals surface area contributed by atoms with Crippen LogP contribution in [0.2, 0.25) is 0 Å². The first-order valence-electron chi connectivity index (χ1n) is 6.49. The van der Waals surface area contributed by atoms with Crippen molar-refractivity contribution in [1.82, 2.24) is 4.72 Å². The quantitative estimate of drug-likeness (QED) is 0.830. The molecule has 1 saturated carbocycles. The van der Waals surface area contributed by atoms with Gasteiger partial charge in [-0.3, -0.25) is 0 Å². The molecule has 20 heavy (non-hydrogen) atoms. The summed E-state index contributed by atoms with van der Waals surface area (Å²) in [5.41, 5.74) is 0. The Balaban J connectivity index is 2.07. The van der Waals surface area contributed by atoms with Crippen LogP contribution in [-0.2, 0) is 10.0 Å². The number of sulfonamides is 1. The van der Waals surface area contributed by atoms with Crippen LogP contribution < -0.4 is 4.72 Å². The number of rotatable bonds is 4. The predicted molar refractivity (Wildman–Crippen MR) is 76.2 cm³/mol. The summed E-state index contributed by atoms with van der Waals surface area (Å²) in [7, 11) is -3.94. The molecule has 0 saturated heterocycles. The molecule has 2 rings (SSSR count). The van der Waals surface area contributed by atoms with Gasteiger partial charge in [0.25, 0.3) is 0 Å². The summed E-state index contributed by atoms with van der Waals surface area (Å²) in [6.45, 7) is 0.259. The van der Waals surface area contributed by atoms with E-state index in [1.54, 1.807) is 0 Å². The molecule has 0 bridgehead atoms. The van der Waals surface area contributed by atoms with E-state index in [9.17, 15) is 17.2 Å². The van der Waals surface area contributed by atoms with E-state index in [2.05, 4.69) is 20.7 Å². The summed E-state index contributed by atoms with van der Waals surface area (Å²) in [6.07, 6.45) is 4.15. The van der Waals surface area contributed by atoms with E-state index in [-0.39, 0.29) is 17.3 Å². The molecule has 2 atom stereocenters. The van der Waals surface area contributed by atoms with Gasteiger partial charge < -0.3 is 0 Å². The Kier molecular flexibility index (Phi) is 5.14. The third-order valence-electron chi connectivity index (χ3n) is 3.54. The third kappa shape index (κ3) is 3.77. The van der Waals surface area contributed by atoms with Gasteiger partial charge in [0.05, 0.1) is 0 Å². The standard InChI is InChI=1S/C13H16BrF2NO2S/c14-11-4-2-1-3-9(11)8-17-20(18,19)13-6-5-10(15)7-12(13)16/h5-7,9,11,17H,1-4,8H2. The Morgan fingerprint density at radius 3 is 2.60 bits per heavy atom. The van der Waals surface area contributed by atoms with Crippen LogP contribution in [0.4, 0.5) is 8.78 Å². The van der Waals surface area contributed by atoms with Gasteiger partial charge in [0.1, 0.15) is 16.5 Å². The zero-order chi connectivity index (χ0) is 14.8. The lowest BCUT2D eigenvalue weighted by atomic mass is 9.89. The van der Waals surface area contributed by atoms with Gasteiger partial charge in [0, 0.05) is 17.4 Å². The van der Waals surface area contributed by atoms with Crippen molar-refractivity contribution in [3.8, 4) is 0 Å². The number of hydrogen-bond donors (Lipinski definition) is 1. The number of nitrogens with one attached hydrogen (secondary N) is 1. The molecular formula is C13H16BrF2NO2S. The molecule has 1 fully saturated rings. The van der Waals surface area contributed by atoms with E-state index in [0.29, 0.717) is 6.07 Å². The van der Waals surface area contributed by atoms with Gasteiger partial charge in [-0.2, -0.15) is 0 Å².